The average Bonchev–Trinajstić information content (AvgIpc) is 3.28. The third kappa shape index (κ3) is 4.09. The van der Waals surface area contributed by atoms with Gasteiger partial charge in [-0.1, -0.05) is 0 Å². The Morgan fingerprint density at radius 2 is 2.00 bits per heavy atom. The molecule has 0 bridgehead atoms. The molecule has 26 heavy (non-hydrogen) atoms. The molecule has 7 nitrogen and oxygen atoms in total. The number of carboxylic acids is 1. The van der Waals surface area contributed by atoms with Crippen LogP contribution in [0.4, 0.5) is 0 Å². The number of aliphatic carboxylic acids is 1. The summed E-state index contributed by atoms with van der Waals surface area (Å²) in [5.74, 6) is -0.308. The maximum absolute atomic E-state index is 12.6. The molecule has 2 N–H and O–H groups in total. The Bertz CT molecular complexity index is 689. The normalized spacial score (nSPS) is 23.6. The van der Waals surface area contributed by atoms with Crippen molar-refractivity contribution in [2.75, 3.05) is 13.1 Å². The van der Waals surface area contributed by atoms with E-state index in [1.54, 1.807) is 0 Å². The summed E-state index contributed by atoms with van der Waals surface area (Å²) in [5, 5.41) is 16.7. The molecule has 1 unspecified atom stereocenters. The Labute approximate surface area is 154 Å². The SMILES string of the molecule is Cc1nn(C)c(C)c1C(C)C(=O)NC1CC(N(CC(=O)O)CC2CC2)C1. The van der Waals surface area contributed by atoms with Gasteiger partial charge in [0.05, 0.1) is 18.2 Å². The maximum Gasteiger partial charge on any atom is 0.317 e. The summed E-state index contributed by atoms with van der Waals surface area (Å²) >= 11 is 0. The van der Waals surface area contributed by atoms with Crippen molar-refractivity contribution in [1.29, 1.82) is 0 Å². The number of nitrogens with zero attached hydrogens (tertiary/aromatic N) is 3. The zero-order valence-electron chi connectivity index (χ0n) is 16.2. The molecule has 1 heterocycles. The monoisotopic (exact) mass is 362 g/mol. The third-order valence-corrected chi connectivity index (χ3v) is 5.90. The van der Waals surface area contributed by atoms with Crippen LogP contribution in [-0.2, 0) is 16.6 Å². The van der Waals surface area contributed by atoms with E-state index in [9.17, 15) is 9.59 Å². The predicted octanol–water partition coefficient (Wildman–Crippen LogP) is 1.58. The van der Waals surface area contributed by atoms with Crippen LogP contribution >= 0.6 is 0 Å². The molecule has 3 rings (SSSR count). The molecule has 0 radical (unpaired) electrons. The molecule has 0 saturated heterocycles. The number of nitrogens with one attached hydrogen (secondary N) is 1. The van der Waals surface area contributed by atoms with E-state index in [-0.39, 0.29) is 30.5 Å². The fraction of sp³-hybridized carbons (Fsp3) is 0.737. The lowest BCUT2D eigenvalue weighted by atomic mass is 9.84. The van der Waals surface area contributed by atoms with E-state index in [1.165, 1.54) is 12.8 Å². The molecule has 2 saturated carbocycles. The van der Waals surface area contributed by atoms with Crippen molar-refractivity contribution < 1.29 is 14.7 Å². The van der Waals surface area contributed by atoms with Crippen molar-refractivity contribution in [2.45, 2.75) is 64.5 Å². The highest BCUT2D eigenvalue weighted by Gasteiger charge is 2.38. The summed E-state index contributed by atoms with van der Waals surface area (Å²) < 4.78 is 1.81. The quantitative estimate of drug-likeness (QED) is 0.733. The van der Waals surface area contributed by atoms with E-state index in [4.69, 9.17) is 5.11 Å². The minimum absolute atomic E-state index is 0.0274. The van der Waals surface area contributed by atoms with Crippen LogP contribution in [-0.4, -0.2) is 56.8 Å². The van der Waals surface area contributed by atoms with Crippen molar-refractivity contribution in [2.24, 2.45) is 13.0 Å². The van der Waals surface area contributed by atoms with Crippen LogP contribution in [0.15, 0.2) is 0 Å². The van der Waals surface area contributed by atoms with E-state index >= 15 is 0 Å². The molecule has 1 amide bonds. The second-order valence-electron chi connectivity index (χ2n) is 8.03. The van der Waals surface area contributed by atoms with Gasteiger partial charge in [-0.05, 0) is 52.4 Å². The van der Waals surface area contributed by atoms with Crippen LogP contribution in [0.1, 0.15) is 55.5 Å². The number of hydrogen-bond donors (Lipinski definition) is 2. The maximum atomic E-state index is 12.6. The first-order chi connectivity index (χ1) is 12.3. The Morgan fingerprint density at radius 3 is 2.50 bits per heavy atom. The Hall–Kier alpha value is -1.89. The molecule has 1 aromatic rings. The lowest BCUT2D eigenvalue weighted by molar-refractivity contribution is -0.140. The van der Waals surface area contributed by atoms with Crippen molar-refractivity contribution in [3.63, 3.8) is 0 Å². The first-order valence-electron chi connectivity index (χ1n) is 9.52. The van der Waals surface area contributed by atoms with Crippen LogP contribution in [0.2, 0.25) is 0 Å². The average molecular weight is 362 g/mol. The van der Waals surface area contributed by atoms with E-state index in [0.29, 0.717) is 5.92 Å². The standard InChI is InChI=1S/C19H30N4O3/c1-11(18-12(2)21-22(4)13(18)3)19(26)20-15-7-16(8-15)23(10-17(24)25)9-14-5-6-14/h11,14-16H,5-10H2,1-4H3,(H,20,26)(H,24,25). The first kappa shape index (κ1) is 18.9. The second-order valence-corrected chi connectivity index (χ2v) is 8.03. The molecule has 144 valence electrons. The molecule has 2 aliphatic carbocycles. The number of rotatable bonds is 8. The molecule has 2 aliphatic rings. The number of hydrogen-bond acceptors (Lipinski definition) is 4. The van der Waals surface area contributed by atoms with Crippen molar-refractivity contribution in [3.05, 3.63) is 17.0 Å². The number of carbonyl (C=O) groups is 2. The lowest BCUT2D eigenvalue weighted by Gasteiger charge is -2.43. The molecule has 1 atom stereocenters. The highest BCUT2D eigenvalue weighted by atomic mass is 16.4. The second kappa shape index (κ2) is 7.39. The van der Waals surface area contributed by atoms with Gasteiger partial charge < -0.3 is 10.4 Å². The Balaban J connectivity index is 1.52. The summed E-state index contributed by atoms with van der Waals surface area (Å²) in [6.45, 7) is 6.83. The zero-order chi connectivity index (χ0) is 19.0. The van der Waals surface area contributed by atoms with Gasteiger partial charge in [0.25, 0.3) is 0 Å². The van der Waals surface area contributed by atoms with Gasteiger partial charge in [-0.25, -0.2) is 0 Å². The van der Waals surface area contributed by atoms with Gasteiger partial charge in [-0.3, -0.25) is 19.2 Å². The van der Waals surface area contributed by atoms with E-state index < -0.39 is 5.97 Å². The Morgan fingerprint density at radius 1 is 1.35 bits per heavy atom. The van der Waals surface area contributed by atoms with Gasteiger partial charge in [0.15, 0.2) is 0 Å². The van der Waals surface area contributed by atoms with Crippen LogP contribution in [0, 0.1) is 19.8 Å². The van der Waals surface area contributed by atoms with Gasteiger partial charge >= 0.3 is 5.97 Å². The summed E-state index contributed by atoms with van der Waals surface area (Å²) in [4.78, 5) is 25.8. The highest BCUT2D eigenvalue weighted by molar-refractivity contribution is 5.84. The van der Waals surface area contributed by atoms with Crippen molar-refractivity contribution >= 4 is 11.9 Å². The molecule has 0 spiro atoms. The van der Waals surface area contributed by atoms with Crippen LogP contribution < -0.4 is 5.32 Å². The van der Waals surface area contributed by atoms with Crippen LogP contribution in [0.5, 0.6) is 0 Å². The fourth-order valence-corrected chi connectivity index (χ4v) is 4.03. The highest BCUT2D eigenvalue weighted by Crippen LogP contribution is 2.34. The summed E-state index contributed by atoms with van der Waals surface area (Å²) in [6.07, 6.45) is 4.10. The van der Waals surface area contributed by atoms with E-state index in [0.717, 1.165) is 36.3 Å². The number of amides is 1. The molecular formula is C19H30N4O3. The summed E-state index contributed by atoms with van der Waals surface area (Å²) in [7, 11) is 1.89. The minimum Gasteiger partial charge on any atom is -0.480 e. The van der Waals surface area contributed by atoms with Crippen LogP contribution in [0.3, 0.4) is 0 Å². The van der Waals surface area contributed by atoms with Gasteiger partial charge in [0, 0.05) is 36.9 Å². The number of aromatic nitrogens is 2. The predicted molar refractivity (Wildman–Crippen MR) is 98.0 cm³/mol. The molecule has 2 fully saturated rings. The number of carbonyl (C=O) groups excluding carboxylic acids is 1. The molecule has 7 heteroatoms. The van der Waals surface area contributed by atoms with Crippen molar-refractivity contribution in [3.8, 4) is 0 Å². The minimum atomic E-state index is -0.769. The van der Waals surface area contributed by atoms with E-state index in [2.05, 4.69) is 15.3 Å². The number of aryl methyl sites for hydroxylation is 2. The zero-order valence-corrected chi connectivity index (χ0v) is 16.2. The van der Waals surface area contributed by atoms with E-state index in [1.807, 2.05) is 32.5 Å². The molecule has 1 aromatic heterocycles. The van der Waals surface area contributed by atoms with Gasteiger partial charge in [0.2, 0.25) is 5.91 Å². The fourth-order valence-electron chi connectivity index (χ4n) is 4.03. The molecular weight excluding hydrogens is 332 g/mol. The molecule has 0 aromatic carbocycles. The van der Waals surface area contributed by atoms with Gasteiger partial charge in [-0.2, -0.15) is 5.10 Å². The van der Waals surface area contributed by atoms with Crippen LogP contribution in [0.25, 0.3) is 0 Å². The van der Waals surface area contributed by atoms with Gasteiger partial charge in [-0.15, -0.1) is 0 Å². The topological polar surface area (TPSA) is 87.5 Å². The van der Waals surface area contributed by atoms with Crippen molar-refractivity contribution in [1.82, 2.24) is 20.0 Å². The first-order valence-corrected chi connectivity index (χ1v) is 9.52. The lowest BCUT2D eigenvalue weighted by Crippen LogP contribution is -2.55. The number of carboxylic acid groups (broad SMARTS) is 1. The third-order valence-electron chi connectivity index (χ3n) is 5.90. The molecule has 0 aliphatic heterocycles. The summed E-state index contributed by atoms with van der Waals surface area (Å²) in [6, 6.07) is 0.414. The largest absolute Gasteiger partial charge is 0.480 e. The van der Waals surface area contributed by atoms with Gasteiger partial charge in [0.1, 0.15) is 0 Å². The Kier molecular flexibility index (Phi) is 5.37. The smallest absolute Gasteiger partial charge is 0.317 e. The summed E-state index contributed by atoms with van der Waals surface area (Å²) in [5.41, 5.74) is 2.92.